The molecule has 4 fully saturated rings. The summed E-state index contributed by atoms with van der Waals surface area (Å²) in [7, 11) is 6.01. The average Bonchev–Trinajstić information content (AvgIpc) is 2.98. The van der Waals surface area contributed by atoms with Crippen molar-refractivity contribution in [3.8, 4) is 0 Å². The van der Waals surface area contributed by atoms with Gasteiger partial charge in [0.15, 0.2) is 6.29 Å². The Bertz CT molecular complexity index is 1080. The maximum absolute atomic E-state index is 14.2. The number of hydrogen-bond acceptors (Lipinski definition) is 12. The van der Waals surface area contributed by atoms with E-state index in [-0.39, 0.29) is 31.1 Å². The molecule has 4 aliphatic heterocycles. The van der Waals surface area contributed by atoms with E-state index in [4.69, 9.17) is 23.7 Å². The second-order valence-corrected chi connectivity index (χ2v) is 15.9. The SMILES string of the molecule is CCOC(=O)CC1(C)C(=O)OC(CC)C(C)(O)C(O)C(C)N(C)CC(C)CC2(C)OC(C)C(CC2OC2CC(N(C)C)CC(C)O2)C1O. The lowest BCUT2D eigenvalue weighted by Gasteiger charge is -2.52. The summed E-state index contributed by atoms with van der Waals surface area (Å²) in [6, 6.07) is -0.234. The van der Waals surface area contributed by atoms with Crippen LogP contribution in [-0.2, 0) is 33.3 Å². The molecule has 0 radical (unpaired) electrons. The van der Waals surface area contributed by atoms with Crippen molar-refractivity contribution in [2.24, 2.45) is 17.3 Å². The molecule has 2 bridgehead atoms. The largest absolute Gasteiger partial charge is 0.466 e. The summed E-state index contributed by atoms with van der Waals surface area (Å²) in [4.78, 5) is 31.4. The van der Waals surface area contributed by atoms with Crippen LogP contribution in [0.4, 0.5) is 0 Å². The molecule has 4 aliphatic rings. The molecule has 4 rings (SSSR count). The van der Waals surface area contributed by atoms with Crippen molar-refractivity contribution in [3.63, 3.8) is 0 Å². The Morgan fingerprint density at radius 2 is 1.69 bits per heavy atom. The lowest BCUT2D eigenvalue weighted by molar-refractivity contribution is -0.295. The van der Waals surface area contributed by atoms with Crippen LogP contribution in [0.3, 0.4) is 0 Å². The second-order valence-electron chi connectivity index (χ2n) is 15.9. The Morgan fingerprint density at radius 3 is 2.27 bits per heavy atom. The van der Waals surface area contributed by atoms with Gasteiger partial charge in [-0.05, 0) is 101 Å². The van der Waals surface area contributed by atoms with Gasteiger partial charge in [-0.1, -0.05) is 13.8 Å². The van der Waals surface area contributed by atoms with E-state index >= 15 is 0 Å². The Hall–Kier alpha value is -1.38. The monoisotopic (exact) mass is 686 g/mol. The molecule has 0 saturated carbocycles. The third-order valence-corrected chi connectivity index (χ3v) is 11.4. The summed E-state index contributed by atoms with van der Waals surface area (Å²) >= 11 is 0. The van der Waals surface area contributed by atoms with Gasteiger partial charge in [-0.25, -0.2) is 0 Å². The molecule has 4 saturated heterocycles. The van der Waals surface area contributed by atoms with Crippen molar-refractivity contribution >= 4 is 11.9 Å². The molecule has 0 spiro atoms. The van der Waals surface area contributed by atoms with Gasteiger partial charge in [0.05, 0.1) is 43.0 Å². The molecule has 12 nitrogen and oxygen atoms in total. The first-order chi connectivity index (χ1) is 22.2. The third-order valence-electron chi connectivity index (χ3n) is 11.4. The van der Waals surface area contributed by atoms with E-state index in [2.05, 4.69) is 25.9 Å². The molecule has 14 atom stereocenters. The van der Waals surface area contributed by atoms with Crippen molar-refractivity contribution in [3.05, 3.63) is 0 Å². The Kier molecular flexibility index (Phi) is 13.9. The van der Waals surface area contributed by atoms with Crippen LogP contribution in [0.5, 0.6) is 0 Å². The Morgan fingerprint density at radius 1 is 1.04 bits per heavy atom. The number of nitrogens with zero attached hydrogens (tertiary/aromatic N) is 2. The summed E-state index contributed by atoms with van der Waals surface area (Å²) in [5, 5.41) is 35.4. The minimum absolute atomic E-state index is 0.00961. The van der Waals surface area contributed by atoms with Crippen LogP contribution < -0.4 is 0 Å². The van der Waals surface area contributed by atoms with E-state index in [0.717, 1.165) is 6.42 Å². The first-order valence-corrected chi connectivity index (χ1v) is 18.0. The predicted octanol–water partition coefficient (Wildman–Crippen LogP) is 3.12. The normalized spacial score (nSPS) is 45.6. The molecule has 48 heavy (non-hydrogen) atoms. The van der Waals surface area contributed by atoms with Gasteiger partial charge in [-0.3, -0.25) is 9.59 Å². The van der Waals surface area contributed by atoms with E-state index in [1.807, 2.05) is 39.6 Å². The number of aliphatic hydroxyl groups is 3. The smallest absolute Gasteiger partial charge is 0.315 e. The standard InChI is InChI=1S/C36H66N2O10/c1-13-27-36(9,43)31(40)23(5)38(12)20-21(3)18-35(8)28(46-30-16-25(37(10)11)15-22(4)45-30)17-26(24(6)48-35)32(41)34(7,33(42)47-27)19-29(39)44-14-2/h21-28,30-32,40-41,43H,13-20H2,1-12H3. The third kappa shape index (κ3) is 9.09. The summed E-state index contributed by atoms with van der Waals surface area (Å²) in [6.45, 7) is 17.0. The number of rotatable bonds is 7. The summed E-state index contributed by atoms with van der Waals surface area (Å²) < 4.78 is 31.2. The first kappa shape index (κ1) is 41.0. The van der Waals surface area contributed by atoms with Crippen LogP contribution in [0.1, 0.15) is 101 Å². The van der Waals surface area contributed by atoms with E-state index in [1.54, 1.807) is 13.8 Å². The molecular formula is C36H66N2O10. The number of likely N-dealkylation sites (N-methyl/N-ethyl adjacent to an activating group) is 1. The van der Waals surface area contributed by atoms with Gasteiger partial charge in [0.25, 0.3) is 0 Å². The van der Waals surface area contributed by atoms with Gasteiger partial charge in [0.2, 0.25) is 0 Å². The molecule has 0 aromatic heterocycles. The number of ether oxygens (including phenoxy) is 5. The minimum Gasteiger partial charge on any atom is -0.466 e. The van der Waals surface area contributed by atoms with Crippen molar-refractivity contribution in [1.29, 1.82) is 0 Å². The van der Waals surface area contributed by atoms with Gasteiger partial charge in [0.1, 0.15) is 23.2 Å². The molecule has 0 aromatic carbocycles. The highest BCUT2D eigenvalue weighted by molar-refractivity contribution is 5.84. The van der Waals surface area contributed by atoms with Crippen LogP contribution >= 0.6 is 0 Å². The van der Waals surface area contributed by atoms with E-state index < -0.39 is 83.7 Å². The average molecular weight is 687 g/mol. The lowest BCUT2D eigenvalue weighted by atomic mass is 9.69. The second kappa shape index (κ2) is 16.3. The number of hydrogen-bond donors (Lipinski definition) is 3. The van der Waals surface area contributed by atoms with Gasteiger partial charge >= 0.3 is 11.9 Å². The fraction of sp³-hybridized carbons (Fsp3) is 0.944. The van der Waals surface area contributed by atoms with Crippen LogP contribution in [0.2, 0.25) is 0 Å². The maximum Gasteiger partial charge on any atom is 0.315 e. The van der Waals surface area contributed by atoms with Crippen LogP contribution in [-0.4, -0.2) is 138 Å². The van der Waals surface area contributed by atoms with Gasteiger partial charge in [-0.15, -0.1) is 0 Å². The molecule has 4 heterocycles. The van der Waals surface area contributed by atoms with E-state index in [1.165, 1.54) is 13.8 Å². The Balaban J connectivity index is 2.12. The number of esters is 2. The number of carbonyl (C=O) groups is 2. The van der Waals surface area contributed by atoms with E-state index in [9.17, 15) is 24.9 Å². The summed E-state index contributed by atoms with van der Waals surface area (Å²) in [6.07, 6.45) is -3.08. The first-order valence-electron chi connectivity index (χ1n) is 18.0. The summed E-state index contributed by atoms with van der Waals surface area (Å²) in [5.41, 5.74) is -4.38. The van der Waals surface area contributed by atoms with Crippen LogP contribution in [0, 0.1) is 17.3 Å². The fourth-order valence-corrected chi connectivity index (χ4v) is 8.30. The van der Waals surface area contributed by atoms with Crippen LogP contribution in [0.25, 0.3) is 0 Å². The van der Waals surface area contributed by atoms with Crippen molar-refractivity contribution in [2.75, 3.05) is 34.3 Å². The molecule has 0 aromatic rings. The maximum atomic E-state index is 14.2. The minimum atomic E-state index is -1.82. The molecule has 0 aliphatic carbocycles. The zero-order valence-corrected chi connectivity index (χ0v) is 31.6. The predicted molar refractivity (Wildman–Crippen MR) is 181 cm³/mol. The van der Waals surface area contributed by atoms with Gasteiger partial charge in [-0.2, -0.15) is 0 Å². The van der Waals surface area contributed by atoms with Gasteiger partial charge < -0.3 is 48.8 Å². The van der Waals surface area contributed by atoms with E-state index in [0.29, 0.717) is 25.8 Å². The highest BCUT2D eigenvalue weighted by Gasteiger charge is 2.56. The van der Waals surface area contributed by atoms with Gasteiger partial charge in [0, 0.05) is 31.0 Å². The highest BCUT2D eigenvalue weighted by Crippen LogP contribution is 2.46. The fourth-order valence-electron chi connectivity index (χ4n) is 8.30. The quantitative estimate of drug-likeness (QED) is 0.338. The molecular weight excluding hydrogens is 620 g/mol. The Labute approximate surface area is 288 Å². The highest BCUT2D eigenvalue weighted by atomic mass is 16.7. The molecule has 0 amide bonds. The molecule has 12 heteroatoms. The van der Waals surface area contributed by atoms with Crippen molar-refractivity contribution in [1.82, 2.24) is 9.80 Å². The van der Waals surface area contributed by atoms with Crippen molar-refractivity contribution in [2.45, 2.75) is 167 Å². The van der Waals surface area contributed by atoms with Crippen molar-refractivity contribution < 1.29 is 48.6 Å². The zero-order valence-electron chi connectivity index (χ0n) is 31.6. The van der Waals surface area contributed by atoms with Crippen LogP contribution in [0.15, 0.2) is 0 Å². The summed E-state index contributed by atoms with van der Waals surface area (Å²) in [5.74, 6) is -2.06. The topological polar surface area (TPSA) is 147 Å². The number of fused-ring (bicyclic) bond motifs is 13. The zero-order chi connectivity index (χ0) is 36.4. The molecule has 280 valence electrons. The number of carbonyl (C=O) groups excluding carboxylic acids is 2. The number of aliphatic hydroxyl groups excluding tert-OH is 2. The lowest BCUT2D eigenvalue weighted by Crippen LogP contribution is -2.62. The molecule has 3 N–H and O–H groups in total. The molecule has 14 unspecified atom stereocenters.